The average Bonchev–Trinajstić information content (AvgIpc) is 2.47. The molecule has 0 saturated carbocycles. The Balaban J connectivity index is 2.40. The Morgan fingerprint density at radius 2 is 1.91 bits per heavy atom. The number of carbonyl (C=O) groups excluding carboxylic acids is 1. The third-order valence-electron chi connectivity index (χ3n) is 3.02. The Morgan fingerprint density at radius 1 is 1.18 bits per heavy atom. The van der Waals surface area contributed by atoms with Gasteiger partial charge in [-0.15, -0.1) is 0 Å². The molecule has 0 amide bonds. The number of phenols is 1. The number of ether oxygens (including phenoxy) is 1. The molecular formula is C16H13FO5. The second-order valence-electron chi connectivity index (χ2n) is 4.45. The van der Waals surface area contributed by atoms with Gasteiger partial charge in [-0.25, -0.2) is 14.0 Å². The van der Waals surface area contributed by atoms with E-state index in [-0.39, 0.29) is 29.0 Å². The van der Waals surface area contributed by atoms with Crippen LogP contribution in [0.3, 0.4) is 0 Å². The third-order valence-corrected chi connectivity index (χ3v) is 3.02. The molecule has 0 spiro atoms. The highest BCUT2D eigenvalue weighted by atomic mass is 19.1. The van der Waals surface area contributed by atoms with Crippen molar-refractivity contribution in [2.75, 3.05) is 6.61 Å². The van der Waals surface area contributed by atoms with E-state index in [1.807, 2.05) is 0 Å². The molecule has 2 N–H and O–H groups in total. The van der Waals surface area contributed by atoms with Crippen LogP contribution in [-0.2, 0) is 4.74 Å². The van der Waals surface area contributed by atoms with E-state index in [4.69, 9.17) is 9.84 Å². The largest absolute Gasteiger partial charge is 0.507 e. The molecule has 0 fully saturated rings. The van der Waals surface area contributed by atoms with E-state index in [0.29, 0.717) is 5.56 Å². The molecule has 6 heteroatoms. The van der Waals surface area contributed by atoms with Crippen molar-refractivity contribution in [1.82, 2.24) is 0 Å². The van der Waals surface area contributed by atoms with Crippen molar-refractivity contribution < 1.29 is 28.9 Å². The number of carbonyl (C=O) groups is 2. The van der Waals surface area contributed by atoms with Gasteiger partial charge in [-0.2, -0.15) is 0 Å². The monoisotopic (exact) mass is 304 g/mol. The molecule has 22 heavy (non-hydrogen) atoms. The highest BCUT2D eigenvalue weighted by Crippen LogP contribution is 2.31. The standard InChI is InChI=1S/C16H13FO5/c1-2-22-16(21)12-6-3-9(7-13(12)17)11-5-4-10(15(19)20)8-14(11)18/h3-8,18H,2H2,1H3,(H,19,20). The highest BCUT2D eigenvalue weighted by Gasteiger charge is 2.15. The molecule has 0 aliphatic rings. The van der Waals surface area contributed by atoms with Gasteiger partial charge in [0.15, 0.2) is 0 Å². The molecule has 0 atom stereocenters. The Hall–Kier alpha value is -2.89. The fourth-order valence-electron chi connectivity index (χ4n) is 1.97. The number of aromatic hydroxyl groups is 1. The summed E-state index contributed by atoms with van der Waals surface area (Å²) in [7, 11) is 0. The van der Waals surface area contributed by atoms with Crippen LogP contribution in [0, 0.1) is 5.82 Å². The van der Waals surface area contributed by atoms with Crippen molar-refractivity contribution >= 4 is 11.9 Å². The minimum absolute atomic E-state index is 0.0788. The predicted molar refractivity (Wildman–Crippen MR) is 76.4 cm³/mol. The van der Waals surface area contributed by atoms with E-state index in [1.54, 1.807) is 6.92 Å². The molecule has 0 unspecified atom stereocenters. The second kappa shape index (κ2) is 6.26. The smallest absolute Gasteiger partial charge is 0.341 e. The number of benzene rings is 2. The van der Waals surface area contributed by atoms with Crippen molar-refractivity contribution in [3.8, 4) is 16.9 Å². The van der Waals surface area contributed by atoms with Crippen LogP contribution in [0.2, 0.25) is 0 Å². The molecule has 0 radical (unpaired) electrons. The predicted octanol–water partition coefficient (Wildman–Crippen LogP) is 3.07. The summed E-state index contributed by atoms with van der Waals surface area (Å²) in [5.74, 6) is -3.01. The number of aromatic carboxylic acids is 1. The fourth-order valence-corrected chi connectivity index (χ4v) is 1.97. The summed E-state index contributed by atoms with van der Waals surface area (Å²) in [6.45, 7) is 1.75. The van der Waals surface area contributed by atoms with Gasteiger partial charge >= 0.3 is 11.9 Å². The second-order valence-corrected chi connectivity index (χ2v) is 4.45. The zero-order chi connectivity index (χ0) is 16.3. The number of carboxylic acid groups (broad SMARTS) is 1. The summed E-state index contributed by atoms with van der Waals surface area (Å²) < 4.78 is 18.7. The molecule has 114 valence electrons. The van der Waals surface area contributed by atoms with Crippen molar-refractivity contribution in [3.63, 3.8) is 0 Å². The maximum absolute atomic E-state index is 14.0. The third kappa shape index (κ3) is 3.06. The summed E-state index contributed by atoms with van der Waals surface area (Å²) in [6.07, 6.45) is 0. The normalized spacial score (nSPS) is 10.3. The fraction of sp³-hybridized carbons (Fsp3) is 0.125. The van der Waals surface area contributed by atoms with Crippen LogP contribution in [0.4, 0.5) is 4.39 Å². The lowest BCUT2D eigenvalue weighted by Crippen LogP contribution is -2.07. The molecule has 2 aromatic rings. The molecular weight excluding hydrogens is 291 g/mol. The maximum atomic E-state index is 14.0. The van der Waals surface area contributed by atoms with Gasteiger partial charge in [0.1, 0.15) is 11.6 Å². The average molecular weight is 304 g/mol. The highest BCUT2D eigenvalue weighted by molar-refractivity contribution is 5.91. The van der Waals surface area contributed by atoms with E-state index in [9.17, 15) is 19.1 Å². The van der Waals surface area contributed by atoms with Crippen LogP contribution >= 0.6 is 0 Å². The Kier molecular flexibility index (Phi) is 4.41. The number of rotatable bonds is 4. The SMILES string of the molecule is CCOC(=O)c1ccc(-c2ccc(C(=O)O)cc2O)cc1F. The van der Waals surface area contributed by atoms with Gasteiger partial charge in [-0.1, -0.05) is 6.07 Å². The van der Waals surface area contributed by atoms with E-state index in [1.165, 1.54) is 24.3 Å². The van der Waals surface area contributed by atoms with Gasteiger partial charge < -0.3 is 14.9 Å². The molecule has 0 saturated heterocycles. The number of halogens is 1. The number of hydrogen-bond acceptors (Lipinski definition) is 4. The lowest BCUT2D eigenvalue weighted by atomic mass is 10.0. The molecule has 5 nitrogen and oxygen atoms in total. The molecule has 0 bridgehead atoms. The van der Waals surface area contributed by atoms with E-state index >= 15 is 0 Å². The van der Waals surface area contributed by atoms with Crippen molar-refractivity contribution in [2.24, 2.45) is 0 Å². The van der Waals surface area contributed by atoms with Crippen LogP contribution in [0.1, 0.15) is 27.6 Å². The van der Waals surface area contributed by atoms with E-state index in [0.717, 1.165) is 12.1 Å². The minimum Gasteiger partial charge on any atom is -0.507 e. The summed E-state index contributed by atoms with van der Waals surface area (Å²) in [5, 5.41) is 18.7. The number of carboxylic acids is 1. The molecule has 0 heterocycles. The van der Waals surface area contributed by atoms with Crippen LogP contribution in [0.5, 0.6) is 5.75 Å². The van der Waals surface area contributed by atoms with Gasteiger partial charge in [0.25, 0.3) is 0 Å². The topological polar surface area (TPSA) is 83.8 Å². The van der Waals surface area contributed by atoms with Crippen molar-refractivity contribution in [2.45, 2.75) is 6.92 Å². The van der Waals surface area contributed by atoms with Crippen molar-refractivity contribution in [3.05, 3.63) is 53.3 Å². The summed E-state index contributed by atoms with van der Waals surface area (Å²) in [5.41, 5.74) is 0.302. The lowest BCUT2D eigenvalue weighted by Gasteiger charge is -2.08. The van der Waals surface area contributed by atoms with Gasteiger partial charge in [0.2, 0.25) is 0 Å². The van der Waals surface area contributed by atoms with Crippen LogP contribution in [0.25, 0.3) is 11.1 Å². The number of esters is 1. The first kappa shape index (κ1) is 15.5. The molecule has 0 aliphatic heterocycles. The summed E-state index contributed by atoms with van der Waals surface area (Å²) in [4.78, 5) is 22.3. The molecule has 0 aliphatic carbocycles. The van der Waals surface area contributed by atoms with Gasteiger partial charge in [0, 0.05) is 5.56 Å². The first-order valence-electron chi connectivity index (χ1n) is 6.47. The zero-order valence-corrected chi connectivity index (χ0v) is 11.7. The Bertz CT molecular complexity index is 739. The Labute approximate surface area is 125 Å². The van der Waals surface area contributed by atoms with Gasteiger partial charge in [-0.05, 0) is 42.8 Å². The first-order valence-corrected chi connectivity index (χ1v) is 6.47. The molecule has 2 rings (SSSR count). The number of hydrogen-bond donors (Lipinski definition) is 2. The molecule has 0 aromatic heterocycles. The number of phenolic OH excluding ortho intramolecular Hbond substituents is 1. The quantitative estimate of drug-likeness (QED) is 0.848. The van der Waals surface area contributed by atoms with Crippen LogP contribution < -0.4 is 0 Å². The first-order chi connectivity index (χ1) is 10.4. The van der Waals surface area contributed by atoms with Gasteiger partial charge in [0.05, 0.1) is 17.7 Å². The van der Waals surface area contributed by atoms with E-state index in [2.05, 4.69) is 0 Å². The van der Waals surface area contributed by atoms with Crippen molar-refractivity contribution in [1.29, 1.82) is 0 Å². The summed E-state index contributed by atoms with van der Waals surface area (Å²) >= 11 is 0. The summed E-state index contributed by atoms with van der Waals surface area (Å²) in [6, 6.07) is 7.54. The minimum atomic E-state index is -1.18. The van der Waals surface area contributed by atoms with E-state index < -0.39 is 17.8 Å². The Morgan fingerprint density at radius 3 is 2.45 bits per heavy atom. The van der Waals surface area contributed by atoms with Crippen LogP contribution in [0.15, 0.2) is 36.4 Å². The zero-order valence-electron chi connectivity index (χ0n) is 11.7. The lowest BCUT2D eigenvalue weighted by molar-refractivity contribution is 0.0520. The molecule has 2 aromatic carbocycles. The maximum Gasteiger partial charge on any atom is 0.341 e. The van der Waals surface area contributed by atoms with Crippen LogP contribution in [-0.4, -0.2) is 28.8 Å². The van der Waals surface area contributed by atoms with Gasteiger partial charge in [-0.3, -0.25) is 0 Å².